The number of benzene rings is 2. The summed E-state index contributed by atoms with van der Waals surface area (Å²) >= 11 is 5.34. The fraction of sp³-hybridized carbons (Fsp3) is 0.250. The predicted octanol–water partition coefficient (Wildman–Crippen LogP) is 3.85. The first-order valence-electron chi connectivity index (χ1n) is 8.74. The van der Waals surface area contributed by atoms with Gasteiger partial charge >= 0.3 is 0 Å². The Hall–Kier alpha value is -2.12. The summed E-state index contributed by atoms with van der Waals surface area (Å²) in [5.41, 5.74) is -0.243. The molecule has 0 radical (unpaired) electrons. The van der Waals surface area contributed by atoms with Crippen molar-refractivity contribution < 1.29 is 4.79 Å². The van der Waals surface area contributed by atoms with E-state index in [-0.39, 0.29) is 18.0 Å². The molecule has 0 atom stereocenters. The molecule has 5 nitrogen and oxygen atoms in total. The van der Waals surface area contributed by atoms with Crippen molar-refractivity contribution in [2.75, 3.05) is 12.3 Å². The standard InChI is InChI=1S/C20H20BrN3O2S/c21-17-9-3-4-10-18(17)27-12-6-5-11-22-19(25)14-24-20(26)16-8-2-1-7-15(16)13-23-24/h1-4,7-10,13H,5-6,11-12,14H2,(H,22,25). The van der Waals surface area contributed by atoms with E-state index in [2.05, 4.69) is 32.4 Å². The first kappa shape index (κ1) is 19.6. The third kappa shape index (κ3) is 5.43. The van der Waals surface area contributed by atoms with E-state index in [1.54, 1.807) is 30.1 Å². The molecule has 1 amide bonds. The van der Waals surface area contributed by atoms with E-state index in [1.807, 2.05) is 30.3 Å². The van der Waals surface area contributed by atoms with Crippen molar-refractivity contribution in [3.05, 3.63) is 69.6 Å². The number of fused-ring (bicyclic) bond motifs is 1. The van der Waals surface area contributed by atoms with Crippen LogP contribution in [0.4, 0.5) is 0 Å². The molecule has 0 fully saturated rings. The fourth-order valence-electron chi connectivity index (χ4n) is 2.63. The summed E-state index contributed by atoms with van der Waals surface area (Å²) in [6.07, 6.45) is 3.51. The van der Waals surface area contributed by atoms with Crippen LogP contribution >= 0.6 is 27.7 Å². The lowest BCUT2D eigenvalue weighted by atomic mass is 10.2. The largest absolute Gasteiger partial charge is 0.354 e. The number of thioether (sulfide) groups is 1. The number of hydrogen-bond donors (Lipinski definition) is 1. The van der Waals surface area contributed by atoms with Gasteiger partial charge in [-0.3, -0.25) is 9.59 Å². The van der Waals surface area contributed by atoms with Crippen molar-refractivity contribution >= 4 is 44.4 Å². The van der Waals surface area contributed by atoms with E-state index in [0.29, 0.717) is 11.9 Å². The maximum atomic E-state index is 12.4. The van der Waals surface area contributed by atoms with Gasteiger partial charge in [0.25, 0.3) is 5.56 Å². The van der Waals surface area contributed by atoms with E-state index in [1.165, 1.54) is 9.58 Å². The van der Waals surface area contributed by atoms with E-state index in [0.717, 1.165) is 28.5 Å². The molecule has 0 bridgehead atoms. The van der Waals surface area contributed by atoms with Crippen LogP contribution in [0.15, 0.2) is 68.9 Å². The molecule has 0 saturated carbocycles. The zero-order valence-electron chi connectivity index (χ0n) is 14.7. The van der Waals surface area contributed by atoms with Crippen LogP contribution < -0.4 is 10.9 Å². The van der Waals surface area contributed by atoms with Crippen molar-refractivity contribution in [1.29, 1.82) is 0 Å². The quantitative estimate of drug-likeness (QED) is 0.422. The summed E-state index contributed by atoms with van der Waals surface area (Å²) in [4.78, 5) is 25.7. The van der Waals surface area contributed by atoms with Crippen LogP contribution in [0.2, 0.25) is 0 Å². The van der Waals surface area contributed by atoms with Gasteiger partial charge in [0.1, 0.15) is 6.54 Å². The van der Waals surface area contributed by atoms with Gasteiger partial charge in [-0.15, -0.1) is 11.8 Å². The van der Waals surface area contributed by atoms with Gasteiger partial charge in [-0.1, -0.05) is 30.3 Å². The normalized spacial score (nSPS) is 10.9. The molecule has 0 spiro atoms. The minimum Gasteiger partial charge on any atom is -0.354 e. The molecule has 0 aliphatic heterocycles. The number of nitrogens with zero attached hydrogens (tertiary/aromatic N) is 2. The highest BCUT2D eigenvalue weighted by Gasteiger charge is 2.08. The number of carbonyl (C=O) groups excluding carboxylic acids is 1. The SMILES string of the molecule is O=C(Cn1ncc2ccccc2c1=O)NCCCCSc1ccccc1Br. The molecule has 2 aromatic carbocycles. The number of amides is 1. The van der Waals surface area contributed by atoms with Crippen LogP contribution in [0.3, 0.4) is 0 Å². The van der Waals surface area contributed by atoms with Gasteiger partial charge in [0.05, 0.1) is 11.6 Å². The molecule has 0 aliphatic carbocycles. The zero-order valence-corrected chi connectivity index (χ0v) is 17.1. The zero-order chi connectivity index (χ0) is 19.1. The Bertz CT molecular complexity index is 990. The molecule has 140 valence electrons. The smallest absolute Gasteiger partial charge is 0.275 e. The van der Waals surface area contributed by atoms with Gasteiger partial charge < -0.3 is 5.32 Å². The van der Waals surface area contributed by atoms with Gasteiger partial charge in [0.15, 0.2) is 0 Å². The molecule has 0 saturated heterocycles. The van der Waals surface area contributed by atoms with Gasteiger partial charge in [-0.05, 0) is 52.7 Å². The molecule has 7 heteroatoms. The second kappa shape index (κ2) is 9.71. The van der Waals surface area contributed by atoms with Gasteiger partial charge in [0, 0.05) is 21.3 Å². The molecule has 1 aromatic heterocycles. The van der Waals surface area contributed by atoms with Crippen molar-refractivity contribution in [2.45, 2.75) is 24.3 Å². The molecule has 3 aromatic rings. The van der Waals surface area contributed by atoms with E-state index in [9.17, 15) is 9.59 Å². The maximum Gasteiger partial charge on any atom is 0.275 e. The highest BCUT2D eigenvalue weighted by atomic mass is 79.9. The Morgan fingerprint density at radius 1 is 1.11 bits per heavy atom. The Labute approximate surface area is 170 Å². The van der Waals surface area contributed by atoms with E-state index < -0.39 is 0 Å². The van der Waals surface area contributed by atoms with E-state index in [4.69, 9.17) is 0 Å². The number of hydrogen-bond acceptors (Lipinski definition) is 4. The highest BCUT2D eigenvalue weighted by molar-refractivity contribution is 9.10. The van der Waals surface area contributed by atoms with Gasteiger partial charge in [0.2, 0.25) is 5.91 Å². The van der Waals surface area contributed by atoms with Crippen LogP contribution in [0.5, 0.6) is 0 Å². The van der Waals surface area contributed by atoms with Crippen LogP contribution in [-0.4, -0.2) is 28.0 Å². The topological polar surface area (TPSA) is 64.0 Å². The van der Waals surface area contributed by atoms with Gasteiger partial charge in [-0.2, -0.15) is 5.10 Å². The molecular formula is C20H20BrN3O2S. The molecule has 3 rings (SSSR count). The summed E-state index contributed by atoms with van der Waals surface area (Å²) in [5.74, 6) is 0.794. The number of aromatic nitrogens is 2. The molecule has 27 heavy (non-hydrogen) atoms. The Balaban J connectivity index is 1.41. The highest BCUT2D eigenvalue weighted by Crippen LogP contribution is 2.27. The lowest BCUT2D eigenvalue weighted by molar-refractivity contribution is -0.121. The third-order valence-corrected chi connectivity index (χ3v) is 6.16. The lowest BCUT2D eigenvalue weighted by Gasteiger charge is -2.08. The number of halogens is 1. The Morgan fingerprint density at radius 2 is 1.89 bits per heavy atom. The Kier molecular flexibility index (Phi) is 7.06. The van der Waals surface area contributed by atoms with Crippen molar-refractivity contribution in [2.24, 2.45) is 0 Å². The number of carbonyl (C=O) groups is 1. The van der Waals surface area contributed by atoms with Crippen molar-refractivity contribution in [3.63, 3.8) is 0 Å². The van der Waals surface area contributed by atoms with Crippen LogP contribution in [-0.2, 0) is 11.3 Å². The first-order chi connectivity index (χ1) is 13.1. The van der Waals surface area contributed by atoms with Crippen LogP contribution in [0, 0.1) is 0 Å². The number of unbranched alkanes of at least 4 members (excludes halogenated alkanes) is 1. The monoisotopic (exact) mass is 445 g/mol. The Morgan fingerprint density at radius 3 is 2.74 bits per heavy atom. The molecule has 1 heterocycles. The average Bonchev–Trinajstić information content (AvgIpc) is 2.68. The first-order valence-corrected chi connectivity index (χ1v) is 10.5. The second-order valence-corrected chi connectivity index (χ2v) is 8.02. The summed E-state index contributed by atoms with van der Waals surface area (Å²) in [6.45, 7) is 0.535. The van der Waals surface area contributed by atoms with Crippen molar-refractivity contribution in [1.82, 2.24) is 15.1 Å². The van der Waals surface area contributed by atoms with E-state index >= 15 is 0 Å². The van der Waals surface area contributed by atoms with Crippen LogP contribution in [0.1, 0.15) is 12.8 Å². The molecule has 0 unspecified atom stereocenters. The second-order valence-electron chi connectivity index (χ2n) is 6.03. The molecular weight excluding hydrogens is 426 g/mol. The summed E-state index contributed by atoms with van der Waals surface area (Å²) in [5, 5.41) is 8.29. The fourth-order valence-corrected chi connectivity index (χ4v) is 4.21. The summed E-state index contributed by atoms with van der Waals surface area (Å²) in [6, 6.07) is 15.4. The predicted molar refractivity (Wildman–Crippen MR) is 113 cm³/mol. The number of nitrogens with one attached hydrogen (secondary N) is 1. The van der Waals surface area contributed by atoms with Gasteiger partial charge in [-0.25, -0.2) is 4.68 Å². The van der Waals surface area contributed by atoms with Crippen LogP contribution in [0.25, 0.3) is 10.8 Å². The average molecular weight is 446 g/mol. The maximum absolute atomic E-state index is 12.4. The lowest BCUT2D eigenvalue weighted by Crippen LogP contribution is -2.34. The minimum atomic E-state index is -0.243. The number of rotatable bonds is 8. The van der Waals surface area contributed by atoms with Crippen molar-refractivity contribution in [3.8, 4) is 0 Å². The minimum absolute atomic E-state index is 0.0601. The summed E-state index contributed by atoms with van der Waals surface area (Å²) < 4.78 is 2.32. The third-order valence-electron chi connectivity index (χ3n) is 4.04. The molecule has 0 aliphatic rings. The summed E-state index contributed by atoms with van der Waals surface area (Å²) in [7, 11) is 0. The molecule has 1 N–H and O–H groups in total.